The third-order valence-electron chi connectivity index (χ3n) is 3.49. The van der Waals surface area contributed by atoms with Crippen LogP contribution in [0.3, 0.4) is 0 Å². The summed E-state index contributed by atoms with van der Waals surface area (Å²) in [6.07, 6.45) is 4.31. The van der Waals surface area contributed by atoms with E-state index >= 15 is 0 Å². The first-order chi connectivity index (χ1) is 11.2. The summed E-state index contributed by atoms with van der Waals surface area (Å²) in [6.45, 7) is 3.62. The van der Waals surface area contributed by atoms with E-state index in [1.165, 1.54) is 0 Å². The SMILES string of the molecule is CCCSc1n[nH]c(Nc2nccc(N3CCCC(O)C3)n2)n1. The zero-order valence-corrected chi connectivity index (χ0v) is 13.9. The maximum atomic E-state index is 9.79. The van der Waals surface area contributed by atoms with Crippen LogP contribution in [0, 0.1) is 0 Å². The van der Waals surface area contributed by atoms with Gasteiger partial charge in [0, 0.05) is 25.0 Å². The highest BCUT2D eigenvalue weighted by Gasteiger charge is 2.19. The summed E-state index contributed by atoms with van der Waals surface area (Å²) in [4.78, 5) is 15.1. The topological polar surface area (TPSA) is 103 Å². The quantitative estimate of drug-likeness (QED) is 0.687. The molecule has 1 atom stereocenters. The van der Waals surface area contributed by atoms with Crippen LogP contribution >= 0.6 is 11.8 Å². The number of aromatic nitrogens is 5. The second-order valence-electron chi connectivity index (χ2n) is 5.42. The van der Waals surface area contributed by atoms with Crippen molar-refractivity contribution in [1.82, 2.24) is 25.1 Å². The standard InChI is InChI=1S/C14H21N7OS/c1-2-8-23-14-18-13(19-20-14)17-12-15-6-5-11(16-12)21-7-3-4-10(22)9-21/h5-6,10,22H,2-4,7-9H2,1H3,(H2,15,16,17,18,19,20). The molecular formula is C14H21N7OS. The van der Waals surface area contributed by atoms with E-state index in [0.717, 1.165) is 37.4 Å². The van der Waals surface area contributed by atoms with Crippen molar-refractivity contribution in [2.45, 2.75) is 37.4 Å². The molecule has 124 valence electrons. The third kappa shape index (κ3) is 4.32. The molecule has 9 heteroatoms. The van der Waals surface area contributed by atoms with Crippen molar-refractivity contribution in [3.63, 3.8) is 0 Å². The van der Waals surface area contributed by atoms with Crippen molar-refractivity contribution in [3.05, 3.63) is 12.3 Å². The largest absolute Gasteiger partial charge is 0.391 e. The first kappa shape index (κ1) is 16.0. The minimum absolute atomic E-state index is 0.289. The van der Waals surface area contributed by atoms with Gasteiger partial charge in [-0.2, -0.15) is 9.97 Å². The fourth-order valence-corrected chi connectivity index (χ4v) is 3.07. The van der Waals surface area contributed by atoms with Crippen LogP contribution in [0.15, 0.2) is 17.4 Å². The van der Waals surface area contributed by atoms with Gasteiger partial charge in [0.1, 0.15) is 5.82 Å². The van der Waals surface area contributed by atoms with Gasteiger partial charge in [-0.15, -0.1) is 5.10 Å². The van der Waals surface area contributed by atoms with E-state index in [0.29, 0.717) is 23.6 Å². The van der Waals surface area contributed by atoms with Crippen LogP contribution < -0.4 is 10.2 Å². The van der Waals surface area contributed by atoms with Gasteiger partial charge < -0.3 is 10.0 Å². The average molecular weight is 335 g/mol. The number of rotatable bonds is 6. The van der Waals surface area contributed by atoms with E-state index in [1.54, 1.807) is 18.0 Å². The van der Waals surface area contributed by atoms with Crippen LogP contribution in [0.4, 0.5) is 17.7 Å². The summed E-state index contributed by atoms with van der Waals surface area (Å²) >= 11 is 1.61. The lowest BCUT2D eigenvalue weighted by atomic mass is 10.1. The molecule has 3 N–H and O–H groups in total. The van der Waals surface area contributed by atoms with Gasteiger partial charge in [0.25, 0.3) is 0 Å². The van der Waals surface area contributed by atoms with E-state index < -0.39 is 0 Å². The van der Waals surface area contributed by atoms with Crippen LogP contribution in [-0.2, 0) is 0 Å². The molecule has 23 heavy (non-hydrogen) atoms. The highest BCUT2D eigenvalue weighted by molar-refractivity contribution is 7.99. The number of hydrogen-bond donors (Lipinski definition) is 3. The summed E-state index contributed by atoms with van der Waals surface area (Å²) in [5, 5.41) is 20.5. The third-order valence-corrected chi connectivity index (χ3v) is 4.54. The number of thioether (sulfide) groups is 1. The normalized spacial score (nSPS) is 18.2. The number of piperidine rings is 1. The first-order valence-corrected chi connectivity index (χ1v) is 8.81. The molecule has 1 unspecified atom stereocenters. The molecule has 3 heterocycles. The number of anilines is 3. The Labute approximate surface area is 139 Å². The Morgan fingerprint density at radius 1 is 1.48 bits per heavy atom. The van der Waals surface area contributed by atoms with E-state index in [2.05, 4.69) is 42.3 Å². The first-order valence-electron chi connectivity index (χ1n) is 7.83. The zero-order chi connectivity index (χ0) is 16.1. The van der Waals surface area contributed by atoms with Gasteiger partial charge in [0.05, 0.1) is 6.10 Å². The Bertz CT molecular complexity index is 635. The van der Waals surface area contributed by atoms with Crippen molar-refractivity contribution in [1.29, 1.82) is 0 Å². The van der Waals surface area contributed by atoms with E-state index in [1.807, 2.05) is 6.07 Å². The summed E-state index contributed by atoms with van der Waals surface area (Å²) in [5.41, 5.74) is 0. The predicted molar refractivity (Wildman–Crippen MR) is 90.2 cm³/mol. The van der Waals surface area contributed by atoms with Gasteiger partial charge >= 0.3 is 0 Å². The van der Waals surface area contributed by atoms with Crippen molar-refractivity contribution >= 4 is 29.5 Å². The van der Waals surface area contributed by atoms with Crippen LogP contribution in [0.5, 0.6) is 0 Å². The van der Waals surface area contributed by atoms with Crippen molar-refractivity contribution in [2.24, 2.45) is 0 Å². The number of nitrogens with one attached hydrogen (secondary N) is 2. The molecule has 2 aromatic rings. The maximum absolute atomic E-state index is 9.79. The molecule has 8 nitrogen and oxygen atoms in total. The van der Waals surface area contributed by atoms with Gasteiger partial charge in [0.2, 0.25) is 17.1 Å². The van der Waals surface area contributed by atoms with Crippen molar-refractivity contribution in [3.8, 4) is 0 Å². The Kier molecular flexibility index (Phi) is 5.29. The molecule has 0 bridgehead atoms. The fourth-order valence-electron chi connectivity index (χ4n) is 2.41. The lowest BCUT2D eigenvalue weighted by molar-refractivity contribution is 0.154. The molecule has 0 radical (unpaired) electrons. The summed E-state index contributed by atoms with van der Waals surface area (Å²) in [5.74, 6) is 2.78. The molecule has 1 aliphatic rings. The highest BCUT2D eigenvalue weighted by atomic mass is 32.2. The van der Waals surface area contributed by atoms with Gasteiger partial charge in [-0.3, -0.25) is 5.32 Å². The minimum atomic E-state index is -0.289. The predicted octanol–water partition coefficient (Wildman–Crippen LogP) is 1.80. The van der Waals surface area contributed by atoms with E-state index in [-0.39, 0.29) is 6.10 Å². The molecule has 0 amide bonds. The second kappa shape index (κ2) is 7.60. The van der Waals surface area contributed by atoms with E-state index in [4.69, 9.17) is 0 Å². The van der Waals surface area contributed by atoms with Crippen LogP contribution in [0.2, 0.25) is 0 Å². The smallest absolute Gasteiger partial charge is 0.231 e. The molecule has 3 rings (SSSR count). The Morgan fingerprint density at radius 2 is 2.39 bits per heavy atom. The van der Waals surface area contributed by atoms with Gasteiger partial charge in [-0.25, -0.2) is 10.1 Å². The number of H-pyrrole nitrogens is 1. The Morgan fingerprint density at radius 3 is 3.22 bits per heavy atom. The molecule has 0 saturated carbocycles. The van der Waals surface area contributed by atoms with Crippen molar-refractivity contribution in [2.75, 3.05) is 29.1 Å². The number of nitrogens with zero attached hydrogens (tertiary/aromatic N) is 5. The van der Waals surface area contributed by atoms with Gasteiger partial charge in [-0.05, 0) is 25.3 Å². The number of β-amino-alcohol motifs (C(OH)–C–C–N with tert-alkyl or cyclic N) is 1. The molecule has 0 aromatic carbocycles. The summed E-state index contributed by atoms with van der Waals surface area (Å²) in [6, 6.07) is 1.85. The molecule has 1 saturated heterocycles. The molecule has 0 spiro atoms. The monoisotopic (exact) mass is 335 g/mol. The minimum Gasteiger partial charge on any atom is -0.391 e. The van der Waals surface area contributed by atoms with Crippen LogP contribution in [0.25, 0.3) is 0 Å². The number of aliphatic hydroxyl groups is 1. The van der Waals surface area contributed by atoms with Gasteiger partial charge in [0.15, 0.2) is 0 Å². The molecule has 0 aliphatic carbocycles. The highest BCUT2D eigenvalue weighted by Crippen LogP contribution is 2.20. The Balaban J connectivity index is 1.66. The molecule has 1 aliphatic heterocycles. The average Bonchev–Trinajstić information content (AvgIpc) is 3.00. The number of aromatic amines is 1. The Hall–Kier alpha value is -1.87. The molecule has 1 fully saturated rings. The number of hydrogen-bond acceptors (Lipinski definition) is 8. The maximum Gasteiger partial charge on any atom is 0.231 e. The van der Waals surface area contributed by atoms with Crippen molar-refractivity contribution < 1.29 is 5.11 Å². The summed E-state index contributed by atoms with van der Waals surface area (Å²) in [7, 11) is 0. The van der Waals surface area contributed by atoms with Crippen LogP contribution in [-0.4, -0.2) is 55.2 Å². The molecular weight excluding hydrogens is 314 g/mol. The fraction of sp³-hybridized carbons (Fsp3) is 0.571. The lowest BCUT2D eigenvalue weighted by Crippen LogP contribution is -2.38. The lowest BCUT2D eigenvalue weighted by Gasteiger charge is -2.30. The number of aliphatic hydroxyl groups excluding tert-OH is 1. The van der Waals surface area contributed by atoms with Crippen LogP contribution in [0.1, 0.15) is 26.2 Å². The van der Waals surface area contributed by atoms with E-state index in [9.17, 15) is 5.11 Å². The second-order valence-corrected chi connectivity index (χ2v) is 6.48. The zero-order valence-electron chi connectivity index (χ0n) is 13.1. The van der Waals surface area contributed by atoms with Gasteiger partial charge in [-0.1, -0.05) is 18.7 Å². The molecule has 2 aromatic heterocycles. The summed E-state index contributed by atoms with van der Waals surface area (Å²) < 4.78 is 0.